The Bertz CT molecular complexity index is 963. The summed E-state index contributed by atoms with van der Waals surface area (Å²) in [7, 11) is 3.49. The van der Waals surface area contributed by atoms with Crippen LogP contribution in [0.2, 0.25) is 0 Å². The number of aryl methyl sites for hydroxylation is 1. The number of benzene rings is 1. The zero-order valence-electron chi connectivity index (χ0n) is 17.1. The number of pyridine rings is 1. The second-order valence-corrected chi connectivity index (χ2v) is 7.03. The first-order valence-corrected chi connectivity index (χ1v) is 9.40. The van der Waals surface area contributed by atoms with Crippen LogP contribution in [-0.4, -0.2) is 34.5 Å². The van der Waals surface area contributed by atoms with Gasteiger partial charge in [-0.15, -0.1) is 0 Å². The molecule has 0 bridgehead atoms. The molecule has 0 fully saturated rings. The molecule has 1 unspecified atom stereocenters. The Morgan fingerprint density at radius 2 is 1.89 bits per heavy atom. The molecule has 5 nitrogen and oxygen atoms in total. The molecule has 0 spiro atoms. The van der Waals surface area contributed by atoms with Crippen molar-refractivity contribution in [1.29, 1.82) is 0 Å². The van der Waals surface area contributed by atoms with E-state index in [0.29, 0.717) is 6.54 Å². The number of aromatic nitrogens is 2. The van der Waals surface area contributed by atoms with E-state index in [1.165, 1.54) is 0 Å². The summed E-state index contributed by atoms with van der Waals surface area (Å²) in [4.78, 5) is 19.4. The van der Waals surface area contributed by atoms with Crippen molar-refractivity contribution in [3.63, 3.8) is 0 Å². The summed E-state index contributed by atoms with van der Waals surface area (Å²) in [5, 5.41) is 0. The summed E-state index contributed by atoms with van der Waals surface area (Å²) in [5.74, 6) is 0.786. The van der Waals surface area contributed by atoms with Crippen LogP contribution in [0.15, 0.2) is 54.7 Å². The second kappa shape index (κ2) is 8.30. The lowest BCUT2D eigenvalue weighted by Gasteiger charge is -2.26. The Morgan fingerprint density at radius 1 is 1.18 bits per heavy atom. The summed E-state index contributed by atoms with van der Waals surface area (Å²) in [6.07, 6.45) is 1.79. The van der Waals surface area contributed by atoms with Gasteiger partial charge in [-0.25, -0.2) is 0 Å². The molecular weight excluding hydrogens is 350 g/mol. The predicted molar refractivity (Wildman–Crippen MR) is 111 cm³/mol. The van der Waals surface area contributed by atoms with Gasteiger partial charge in [-0.2, -0.15) is 0 Å². The summed E-state index contributed by atoms with van der Waals surface area (Å²) < 4.78 is 7.60. The average Bonchev–Trinajstić information content (AvgIpc) is 3.01. The zero-order chi connectivity index (χ0) is 20.3. The molecule has 0 aliphatic rings. The fourth-order valence-corrected chi connectivity index (χ4v) is 3.50. The Kier molecular flexibility index (Phi) is 5.83. The zero-order valence-corrected chi connectivity index (χ0v) is 17.1. The van der Waals surface area contributed by atoms with Gasteiger partial charge in [-0.3, -0.25) is 9.78 Å². The van der Waals surface area contributed by atoms with Crippen LogP contribution >= 0.6 is 0 Å². The van der Waals surface area contributed by atoms with E-state index in [1.807, 2.05) is 76.3 Å². The molecule has 146 valence electrons. The van der Waals surface area contributed by atoms with Crippen LogP contribution in [0.1, 0.15) is 46.0 Å². The van der Waals surface area contributed by atoms with Gasteiger partial charge in [0.2, 0.25) is 0 Å². The van der Waals surface area contributed by atoms with Gasteiger partial charge in [0, 0.05) is 30.2 Å². The minimum Gasteiger partial charge on any atom is -0.496 e. The quantitative estimate of drug-likeness (QED) is 0.640. The number of methoxy groups -OCH3 is 1. The van der Waals surface area contributed by atoms with Gasteiger partial charge in [0.15, 0.2) is 0 Å². The van der Waals surface area contributed by atoms with Crippen LogP contribution in [0.3, 0.4) is 0 Å². The molecule has 0 saturated heterocycles. The first kappa shape index (κ1) is 19.7. The largest absolute Gasteiger partial charge is 0.496 e. The number of ether oxygens (including phenoxy) is 1. The topological polar surface area (TPSA) is 47.4 Å². The molecule has 1 aromatic carbocycles. The van der Waals surface area contributed by atoms with Crippen LogP contribution in [0.25, 0.3) is 0 Å². The van der Waals surface area contributed by atoms with E-state index in [4.69, 9.17) is 4.74 Å². The van der Waals surface area contributed by atoms with Crippen molar-refractivity contribution in [2.24, 2.45) is 0 Å². The fraction of sp³-hybridized carbons (Fsp3) is 0.304. The number of hydrogen-bond donors (Lipinski definition) is 0. The highest BCUT2D eigenvalue weighted by atomic mass is 16.5. The van der Waals surface area contributed by atoms with Gasteiger partial charge in [0.25, 0.3) is 5.91 Å². The third-order valence-corrected chi connectivity index (χ3v) is 5.34. The molecule has 0 aliphatic heterocycles. The minimum atomic E-state index is -0.109. The number of hydrogen-bond acceptors (Lipinski definition) is 3. The lowest BCUT2D eigenvalue weighted by molar-refractivity contribution is 0.0740. The number of carbonyl (C=O) groups is 1. The van der Waals surface area contributed by atoms with E-state index in [-0.39, 0.29) is 11.9 Å². The van der Waals surface area contributed by atoms with Gasteiger partial charge in [-0.1, -0.05) is 24.3 Å². The van der Waals surface area contributed by atoms with E-state index < -0.39 is 0 Å². The smallest absolute Gasteiger partial charge is 0.255 e. The normalized spacial score (nSPS) is 11.9. The highest BCUT2D eigenvalue weighted by molar-refractivity contribution is 5.95. The highest BCUT2D eigenvalue weighted by Gasteiger charge is 2.24. The van der Waals surface area contributed by atoms with Gasteiger partial charge < -0.3 is 14.2 Å². The summed E-state index contributed by atoms with van der Waals surface area (Å²) in [6, 6.07) is 15.5. The summed E-state index contributed by atoms with van der Waals surface area (Å²) >= 11 is 0. The fourth-order valence-electron chi connectivity index (χ4n) is 3.50. The SMILES string of the molecule is COc1ccccc1C(C)N(C)C(=O)c1cc(C)n(Cc2ccccn2)c1C. The lowest BCUT2D eigenvalue weighted by atomic mass is 10.0. The lowest BCUT2D eigenvalue weighted by Crippen LogP contribution is -2.30. The maximum atomic E-state index is 13.3. The summed E-state index contributed by atoms with van der Waals surface area (Å²) in [5.41, 5.74) is 4.68. The first-order chi connectivity index (χ1) is 13.4. The van der Waals surface area contributed by atoms with Crippen molar-refractivity contribution >= 4 is 5.91 Å². The Hall–Kier alpha value is -3.08. The van der Waals surface area contributed by atoms with Crippen molar-refractivity contribution in [2.75, 3.05) is 14.2 Å². The van der Waals surface area contributed by atoms with E-state index in [2.05, 4.69) is 9.55 Å². The summed E-state index contributed by atoms with van der Waals surface area (Å²) in [6.45, 7) is 6.68. The van der Waals surface area contributed by atoms with E-state index in [1.54, 1.807) is 18.2 Å². The van der Waals surface area contributed by atoms with Gasteiger partial charge in [0.05, 0.1) is 31.0 Å². The van der Waals surface area contributed by atoms with Crippen molar-refractivity contribution in [1.82, 2.24) is 14.5 Å². The van der Waals surface area contributed by atoms with E-state index in [9.17, 15) is 4.79 Å². The number of carbonyl (C=O) groups excluding carboxylic acids is 1. The third kappa shape index (κ3) is 3.79. The van der Waals surface area contributed by atoms with Gasteiger partial charge in [0.1, 0.15) is 5.75 Å². The first-order valence-electron chi connectivity index (χ1n) is 9.40. The van der Waals surface area contributed by atoms with Crippen molar-refractivity contribution < 1.29 is 9.53 Å². The van der Waals surface area contributed by atoms with Crippen LogP contribution in [-0.2, 0) is 6.54 Å². The van der Waals surface area contributed by atoms with E-state index >= 15 is 0 Å². The van der Waals surface area contributed by atoms with Crippen LogP contribution in [0.5, 0.6) is 5.75 Å². The molecule has 1 atom stereocenters. The molecule has 5 heteroatoms. The Balaban J connectivity index is 1.87. The maximum absolute atomic E-state index is 13.3. The second-order valence-electron chi connectivity index (χ2n) is 7.03. The Labute approximate surface area is 166 Å². The minimum absolute atomic E-state index is 0.00113. The van der Waals surface area contributed by atoms with E-state index in [0.717, 1.165) is 34.0 Å². The van der Waals surface area contributed by atoms with Gasteiger partial charge in [-0.05, 0) is 45.0 Å². The van der Waals surface area contributed by atoms with Crippen LogP contribution in [0, 0.1) is 13.8 Å². The predicted octanol–water partition coefficient (Wildman–Crippen LogP) is 4.39. The van der Waals surface area contributed by atoms with Crippen molar-refractivity contribution in [3.8, 4) is 5.75 Å². The molecular formula is C23H27N3O2. The molecule has 2 aromatic heterocycles. The molecule has 0 aliphatic carbocycles. The number of amides is 1. The molecule has 0 N–H and O–H groups in total. The molecule has 3 aromatic rings. The third-order valence-electron chi connectivity index (χ3n) is 5.34. The molecule has 0 saturated carbocycles. The molecule has 28 heavy (non-hydrogen) atoms. The highest BCUT2D eigenvalue weighted by Crippen LogP contribution is 2.30. The molecule has 0 radical (unpaired) electrons. The molecule has 2 heterocycles. The Morgan fingerprint density at radius 3 is 2.57 bits per heavy atom. The van der Waals surface area contributed by atoms with Gasteiger partial charge >= 0.3 is 0 Å². The molecule has 1 amide bonds. The number of para-hydroxylation sites is 1. The molecule has 3 rings (SSSR count). The maximum Gasteiger partial charge on any atom is 0.255 e. The number of nitrogens with zero attached hydrogens (tertiary/aromatic N) is 3. The monoisotopic (exact) mass is 377 g/mol. The standard InChI is InChI=1S/C23H27N3O2/c1-16-14-21(18(3)26(16)15-19-10-8-9-13-24-19)23(27)25(4)17(2)20-11-6-7-12-22(20)28-5/h6-14,17H,15H2,1-5H3. The van der Waals surface area contributed by atoms with Crippen molar-refractivity contribution in [2.45, 2.75) is 33.4 Å². The number of rotatable bonds is 6. The average molecular weight is 377 g/mol. The van der Waals surface area contributed by atoms with Crippen LogP contribution < -0.4 is 4.74 Å². The van der Waals surface area contributed by atoms with Crippen LogP contribution in [0.4, 0.5) is 0 Å². The van der Waals surface area contributed by atoms with Crippen molar-refractivity contribution in [3.05, 3.63) is 82.9 Å².